The summed E-state index contributed by atoms with van der Waals surface area (Å²) in [6.07, 6.45) is 2.03. The molecule has 0 radical (unpaired) electrons. The van der Waals surface area contributed by atoms with E-state index < -0.39 is 0 Å². The van der Waals surface area contributed by atoms with Gasteiger partial charge in [-0.2, -0.15) is 0 Å². The van der Waals surface area contributed by atoms with Crippen molar-refractivity contribution in [3.05, 3.63) is 35.9 Å². The normalized spacial score (nSPS) is 10.3. The Kier molecular flexibility index (Phi) is 10.9. The molecule has 4 nitrogen and oxygen atoms in total. The van der Waals surface area contributed by atoms with Crippen molar-refractivity contribution < 1.29 is 4.79 Å². The van der Waals surface area contributed by atoms with Crippen molar-refractivity contribution in [1.29, 1.82) is 0 Å². The summed E-state index contributed by atoms with van der Waals surface area (Å²) >= 11 is 0. The molecule has 1 amide bonds. The predicted molar refractivity (Wildman–Crippen MR) is 91.1 cm³/mol. The zero-order valence-corrected chi connectivity index (χ0v) is 14.2. The van der Waals surface area contributed by atoms with E-state index in [1.807, 2.05) is 32.1 Å². The van der Waals surface area contributed by atoms with Gasteiger partial charge in [-0.1, -0.05) is 30.3 Å². The Morgan fingerprint density at radius 2 is 1.76 bits per heavy atom. The summed E-state index contributed by atoms with van der Waals surface area (Å²) < 4.78 is 0. The van der Waals surface area contributed by atoms with Crippen LogP contribution in [0, 0.1) is 0 Å². The second-order valence-electron chi connectivity index (χ2n) is 5.30. The summed E-state index contributed by atoms with van der Waals surface area (Å²) in [5, 5.41) is 2.94. The second-order valence-corrected chi connectivity index (χ2v) is 5.30. The van der Waals surface area contributed by atoms with Crippen molar-refractivity contribution in [2.45, 2.75) is 12.8 Å². The number of amides is 1. The van der Waals surface area contributed by atoms with Crippen LogP contribution in [-0.2, 0) is 11.2 Å². The average Bonchev–Trinajstić information content (AvgIpc) is 2.43. The van der Waals surface area contributed by atoms with Gasteiger partial charge >= 0.3 is 0 Å². The van der Waals surface area contributed by atoms with Crippen LogP contribution in [0.2, 0.25) is 0 Å². The highest BCUT2D eigenvalue weighted by Crippen LogP contribution is 2.04. The molecule has 0 spiro atoms. The van der Waals surface area contributed by atoms with Gasteiger partial charge in [0.2, 0.25) is 5.91 Å². The van der Waals surface area contributed by atoms with Crippen LogP contribution in [0.15, 0.2) is 30.3 Å². The summed E-state index contributed by atoms with van der Waals surface area (Å²) in [5.74, 6) is 0.183. The van der Waals surface area contributed by atoms with Crippen LogP contribution >= 0.6 is 12.4 Å². The summed E-state index contributed by atoms with van der Waals surface area (Å²) in [7, 11) is 5.88. The Morgan fingerprint density at radius 3 is 2.33 bits per heavy atom. The highest BCUT2D eigenvalue weighted by Gasteiger charge is 2.12. The van der Waals surface area contributed by atoms with Crippen LogP contribution in [0.3, 0.4) is 0 Å². The lowest BCUT2D eigenvalue weighted by Crippen LogP contribution is -2.41. The number of halogens is 1. The first-order chi connectivity index (χ1) is 9.63. The molecule has 0 heterocycles. The largest absolute Gasteiger partial charge is 0.340 e. The maximum Gasteiger partial charge on any atom is 0.236 e. The lowest BCUT2D eigenvalue weighted by molar-refractivity contribution is -0.130. The molecular weight excluding hydrogens is 286 g/mol. The number of likely N-dealkylation sites (N-methyl/N-ethyl adjacent to an activating group) is 2. The molecule has 1 aromatic carbocycles. The van der Waals surface area contributed by atoms with Gasteiger partial charge in [-0.3, -0.25) is 4.79 Å². The van der Waals surface area contributed by atoms with Gasteiger partial charge in [0.05, 0.1) is 6.54 Å². The topological polar surface area (TPSA) is 35.6 Å². The predicted octanol–water partition coefficient (Wildman–Crippen LogP) is 1.65. The third kappa shape index (κ3) is 8.71. The van der Waals surface area contributed by atoms with Crippen LogP contribution in [0.1, 0.15) is 12.0 Å². The number of hydrogen-bond acceptors (Lipinski definition) is 3. The highest BCUT2D eigenvalue weighted by atomic mass is 35.5. The van der Waals surface area contributed by atoms with E-state index in [4.69, 9.17) is 0 Å². The summed E-state index contributed by atoms with van der Waals surface area (Å²) in [4.78, 5) is 16.1. The lowest BCUT2D eigenvalue weighted by Gasteiger charge is -2.24. The molecule has 0 aromatic heterocycles. The third-order valence-electron chi connectivity index (χ3n) is 3.23. The van der Waals surface area contributed by atoms with E-state index in [0.717, 1.165) is 32.5 Å². The molecule has 0 bridgehead atoms. The average molecular weight is 314 g/mol. The lowest BCUT2D eigenvalue weighted by atomic mass is 10.1. The summed E-state index contributed by atoms with van der Waals surface area (Å²) in [6, 6.07) is 10.4. The highest BCUT2D eigenvalue weighted by molar-refractivity contribution is 5.85. The molecule has 1 rings (SSSR count). The van der Waals surface area contributed by atoms with E-state index >= 15 is 0 Å². The minimum absolute atomic E-state index is 0. The van der Waals surface area contributed by atoms with Crippen LogP contribution < -0.4 is 5.32 Å². The van der Waals surface area contributed by atoms with Crippen LogP contribution in [0.4, 0.5) is 0 Å². The third-order valence-corrected chi connectivity index (χ3v) is 3.23. The number of aryl methyl sites for hydroxylation is 1. The van der Waals surface area contributed by atoms with Gasteiger partial charge in [-0.25, -0.2) is 0 Å². The molecule has 0 atom stereocenters. The minimum atomic E-state index is 0. The van der Waals surface area contributed by atoms with E-state index in [9.17, 15) is 4.79 Å². The smallest absolute Gasteiger partial charge is 0.236 e. The summed E-state index contributed by atoms with van der Waals surface area (Å²) in [5.41, 5.74) is 1.33. The molecule has 0 unspecified atom stereocenters. The first-order valence-corrected chi connectivity index (χ1v) is 7.24. The van der Waals surface area contributed by atoms with Crippen molar-refractivity contribution in [3.8, 4) is 0 Å². The van der Waals surface area contributed by atoms with E-state index in [1.165, 1.54) is 5.56 Å². The molecule has 1 aromatic rings. The van der Waals surface area contributed by atoms with Crippen molar-refractivity contribution >= 4 is 18.3 Å². The molecule has 0 aliphatic carbocycles. The first-order valence-electron chi connectivity index (χ1n) is 7.24. The number of carbonyl (C=O) groups is 1. The molecule has 0 saturated carbocycles. The molecule has 0 aliphatic rings. The molecule has 0 saturated heterocycles. The van der Waals surface area contributed by atoms with E-state index in [-0.39, 0.29) is 18.3 Å². The molecule has 120 valence electrons. The summed E-state index contributed by atoms with van der Waals surface area (Å²) in [6.45, 7) is 2.94. The van der Waals surface area contributed by atoms with Gasteiger partial charge in [0.15, 0.2) is 0 Å². The monoisotopic (exact) mass is 313 g/mol. The van der Waals surface area contributed by atoms with Crippen molar-refractivity contribution in [2.75, 3.05) is 47.3 Å². The zero-order chi connectivity index (χ0) is 14.8. The number of rotatable bonds is 9. The Bertz CT molecular complexity index is 384. The fourth-order valence-corrected chi connectivity index (χ4v) is 2.06. The number of nitrogens with one attached hydrogen (secondary N) is 1. The quantitative estimate of drug-likeness (QED) is 0.753. The SMILES string of the molecule is CNCC(=O)N(CCCc1ccccc1)CCN(C)C.Cl. The van der Waals surface area contributed by atoms with E-state index in [2.05, 4.69) is 34.5 Å². The maximum atomic E-state index is 12.0. The zero-order valence-electron chi connectivity index (χ0n) is 13.3. The van der Waals surface area contributed by atoms with Crippen LogP contribution in [-0.4, -0.2) is 63.0 Å². The molecule has 0 aliphatic heterocycles. The molecule has 0 fully saturated rings. The second kappa shape index (κ2) is 11.5. The Morgan fingerprint density at radius 1 is 1.10 bits per heavy atom. The Labute approximate surface area is 134 Å². The fourth-order valence-electron chi connectivity index (χ4n) is 2.06. The number of carbonyl (C=O) groups excluding carboxylic acids is 1. The van der Waals surface area contributed by atoms with Gasteiger partial charge in [0.25, 0.3) is 0 Å². The van der Waals surface area contributed by atoms with Crippen molar-refractivity contribution in [2.24, 2.45) is 0 Å². The molecule has 1 N–H and O–H groups in total. The Hall–Kier alpha value is -1.10. The number of benzene rings is 1. The molecular formula is C16H28ClN3O. The number of hydrogen-bond donors (Lipinski definition) is 1. The van der Waals surface area contributed by atoms with E-state index in [0.29, 0.717) is 6.54 Å². The van der Waals surface area contributed by atoms with Crippen molar-refractivity contribution in [1.82, 2.24) is 15.1 Å². The minimum Gasteiger partial charge on any atom is -0.340 e. The van der Waals surface area contributed by atoms with Crippen molar-refractivity contribution in [3.63, 3.8) is 0 Å². The maximum absolute atomic E-state index is 12.0. The first kappa shape index (κ1) is 19.9. The molecule has 5 heteroatoms. The Balaban J connectivity index is 0.00000400. The van der Waals surface area contributed by atoms with E-state index in [1.54, 1.807) is 0 Å². The number of nitrogens with zero attached hydrogens (tertiary/aromatic N) is 2. The van der Waals surface area contributed by atoms with Gasteiger partial charge in [0, 0.05) is 19.6 Å². The van der Waals surface area contributed by atoms with Gasteiger partial charge in [0.1, 0.15) is 0 Å². The van der Waals surface area contributed by atoms with Gasteiger partial charge in [-0.05, 0) is 39.5 Å². The van der Waals surface area contributed by atoms with Gasteiger partial charge in [-0.15, -0.1) is 12.4 Å². The molecule has 21 heavy (non-hydrogen) atoms. The van der Waals surface area contributed by atoms with Gasteiger partial charge < -0.3 is 15.1 Å². The fraction of sp³-hybridized carbons (Fsp3) is 0.562. The van der Waals surface area contributed by atoms with Crippen LogP contribution in [0.5, 0.6) is 0 Å². The standard InChI is InChI=1S/C16H27N3O.ClH/c1-17-14-16(20)19(13-12-18(2)3)11-7-10-15-8-5-4-6-9-15;/h4-6,8-9,17H,7,10-14H2,1-3H3;1H. The van der Waals surface area contributed by atoms with Crippen LogP contribution in [0.25, 0.3) is 0 Å².